The van der Waals surface area contributed by atoms with E-state index in [1.165, 1.54) is 19.3 Å². The fraction of sp³-hybridized carbons (Fsp3) is 0.889. The summed E-state index contributed by atoms with van der Waals surface area (Å²) in [5, 5.41) is 9.16. The molecule has 0 aromatic carbocycles. The molecule has 1 N–H and O–H groups in total. The van der Waals surface area contributed by atoms with Crippen molar-refractivity contribution < 1.29 is 19.5 Å². The van der Waals surface area contributed by atoms with Gasteiger partial charge in [-0.3, -0.25) is 14.4 Å². The maximum absolute atomic E-state index is 13.4. The number of hydrogen-bond acceptors (Lipinski definition) is 3. The van der Waals surface area contributed by atoms with Gasteiger partial charge in [0, 0.05) is 25.2 Å². The molecule has 0 heterocycles. The molecule has 4 rings (SSSR count). The van der Waals surface area contributed by atoms with Gasteiger partial charge in [-0.25, -0.2) is 0 Å². The topological polar surface area (TPSA) is 71.4 Å². The van der Waals surface area contributed by atoms with Crippen LogP contribution < -0.4 is 0 Å². The first-order valence-corrected chi connectivity index (χ1v) is 12.8. The lowest BCUT2D eigenvalue weighted by molar-refractivity contribution is -0.159. The Kier molecular flexibility index (Phi) is 6.15. The molecule has 1 unspecified atom stereocenters. The Hall–Kier alpha value is -1.19. The number of carbonyl (C=O) groups excluding carboxylic acids is 2. The second-order valence-electron chi connectivity index (χ2n) is 12.2. The second kappa shape index (κ2) is 8.30. The molecule has 31 heavy (non-hydrogen) atoms. The highest BCUT2D eigenvalue weighted by Gasteiger charge is 2.63. The van der Waals surface area contributed by atoms with E-state index in [9.17, 15) is 14.4 Å². The van der Waals surface area contributed by atoms with Gasteiger partial charge >= 0.3 is 5.97 Å². The lowest BCUT2D eigenvalue weighted by Gasteiger charge is -2.59. The number of fused-ring (bicyclic) bond motifs is 5. The van der Waals surface area contributed by atoms with Crippen molar-refractivity contribution >= 4 is 17.5 Å². The van der Waals surface area contributed by atoms with Crippen LogP contribution in [-0.2, 0) is 14.4 Å². The molecule has 0 radical (unpaired) electrons. The molecule has 4 saturated carbocycles. The molecule has 0 aromatic rings. The third kappa shape index (κ3) is 3.80. The fourth-order valence-electron chi connectivity index (χ4n) is 8.77. The van der Waals surface area contributed by atoms with Gasteiger partial charge in [0.25, 0.3) is 0 Å². The van der Waals surface area contributed by atoms with Crippen LogP contribution in [0.25, 0.3) is 0 Å². The molecule has 4 aliphatic rings. The fourth-order valence-corrected chi connectivity index (χ4v) is 8.77. The number of rotatable bonds is 6. The average molecular weight is 431 g/mol. The number of carboxylic acids is 1. The van der Waals surface area contributed by atoms with Crippen molar-refractivity contribution in [3.8, 4) is 0 Å². The van der Waals surface area contributed by atoms with Crippen molar-refractivity contribution in [3.63, 3.8) is 0 Å². The summed E-state index contributed by atoms with van der Waals surface area (Å²) in [7, 11) is 0. The van der Waals surface area contributed by atoms with Crippen molar-refractivity contribution in [3.05, 3.63) is 0 Å². The van der Waals surface area contributed by atoms with Crippen molar-refractivity contribution in [1.29, 1.82) is 0 Å². The van der Waals surface area contributed by atoms with Crippen LogP contribution in [0.1, 0.15) is 98.3 Å². The van der Waals surface area contributed by atoms with Gasteiger partial charge in [-0.2, -0.15) is 0 Å². The first-order chi connectivity index (χ1) is 14.6. The highest BCUT2D eigenvalue weighted by atomic mass is 16.4. The monoisotopic (exact) mass is 430 g/mol. The van der Waals surface area contributed by atoms with Crippen molar-refractivity contribution in [2.75, 3.05) is 0 Å². The van der Waals surface area contributed by atoms with Crippen LogP contribution in [0.5, 0.6) is 0 Å². The number of carbonyl (C=O) groups is 3. The smallest absolute Gasteiger partial charge is 0.306 e. The Morgan fingerprint density at radius 3 is 2.42 bits per heavy atom. The van der Waals surface area contributed by atoms with Gasteiger partial charge in [0.15, 0.2) is 0 Å². The van der Waals surface area contributed by atoms with E-state index < -0.39 is 5.97 Å². The molecule has 174 valence electrons. The molecule has 4 fully saturated rings. The summed E-state index contributed by atoms with van der Waals surface area (Å²) in [6, 6.07) is 0. The molecule has 4 nitrogen and oxygen atoms in total. The van der Waals surface area contributed by atoms with Gasteiger partial charge in [0.05, 0.1) is 5.92 Å². The highest BCUT2D eigenvalue weighted by molar-refractivity contribution is 5.86. The molecule has 0 spiro atoms. The Bertz CT molecular complexity index is 744. The number of Topliss-reactive ketones (excluding diaryl/α,β-unsaturated/α-hetero) is 2. The Morgan fingerprint density at radius 1 is 1.00 bits per heavy atom. The summed E-state index contributed by atoms with van der Waals surface area (Å²) in [6.45, 7) is 9.04. The van der Waals surface area contributed by atoms with Crippen LogP contribution >= 0.6 is 0 Å². The van der Waals surface area contributed by atoms with Gasteiger partial charge < -0.3 is 5.11 Å². The second-order valence-corrected chi connectivity index (χ2v) is 12.2. The summed E-state index contributed by atoms with van der Waals surface area (Å²) in [6.07, 6.45) is 10.5. The average Bonchev–Trinajstić information content (AvgIpc) is 3.06. The van der Waals surface area contributed by atoms with Crippen LogP contribution in [-0.4, -0.2) is 22.6 Å². The summed E-state index contributed by atoms with van der Waals surface area (Å²) < 4.78 is 0. The largest absolute Gasteiger partial charge is 0.481 e. The number of aliphatic carboxylic acids is 1. The molecule has 0 aromatic heterocycles. The van der Waals surface area contributed by atoms with E-state index >= 15 is 0 Å². The summed E-state index contributed by atoms with van der Waals surface area (Å²) >= 11 is 0. The van der Waals surface area contributed by atoms with Gasteiger partial charge in [-0.05, 0) is 78.9 Å². The van der Waals surface area contributed by atoms with Crippen LogP contribution in [0.2, 0.25) is 0 Å². The molecule has 0 amide bonds. The molecule has 9 atom stereocenters. The zero-order valence-electron chi connectivity index (χ0n) is 20.0. The molecule has 4 aliphatic carbocycles. The van der Waals surface area contributed by atoms with E-state index in [1.54, 1.807) is 0 Å². The van der Waals surface area contributed by atoms with E-state index in [1.807, 2.05) is 6.92 Å². The minimum absolute atomic E-state index is 0.171. The normalized spacial score (nSPS) is 44.2. The predicted molar refractivity (Wildman–Crippen MR) is 120 cm³/mol. The zero-order chi connectivity index (χ0) is 22.6. The van der Waals surface area contributed by atoms with Gasteiger partial charge in [-0.15, -0.1) is 0 Å². The number of ketones is 2. The summed E-state index contributed by atoms with van der Waals surface area (Å²) in [4.78, 5) is 36.7. The zero-order valence-corrected chi connectivity index (χ0v) is 20.0. The van der Waals surface area contributed by atoms with Gasteiger partial charge in [0.1, 0.15) is 11.6 Å². The minimum Gasteiger partial charge on any atom is -0.481 e. The molecule has 0 saturated heterocycles. The highest BCUT2D eigenvalue weighted by Crippen LogP contribution is 2.67. The van der Waals surface area contributed by atoms with E-state index in [0.29, 0.717) is 54.5 Å². The first-order valence-electron chi connectivity index (χ1n) is 12.8. The third-order valence-electron chi connectivity index (χ3n) is 10.8. The van der Waals surface area contributed by atoms with Crippen molar-refractivity contribution in [2.45, 2.75) is 98.3 Å². The maximum atomic E-state index is 13.4. The van der Waals surface area contributed by atoms with Gasteiger partial charge in [-0.1, -0.05) is 40.5 Å². The molecular weight excluding hydrogens is 388 g/mol. The van der Waals surface area contributed by atoms with E-state index in [0.717, 1.165) is 32.1 Å². The Labute approximate surface area is 187 Å². The summed E-state index contributed by atoms with van der Waals surface area (Å²) in [5.74, 6) is 2.55. The SMILES string of the molecule is CC(CCC[C@@H](C)[C@H]1CC[C@H]2[C@@H]3C(=O)C[C@@H]4CC(=O)CC[C@]4(C)[C@H]3CC[C@]12C)C(=O)O. The van der Waals surface area contributed by atoms with Crippen LogP contribution in [0.3, 0.4) is 0 Å². The Balaban J connectivity index is 1.47. The van der Waals surface area contributed by atoms with Crippen LogP contribution in [0.15, 0.2) is 0 Å². The van der Waals surface area contributed by atoms with E-state index in [2.05, 4.69) is 20.8 Å². The lowest BCUT2D eigenvalue weighted by Crippen LogP contribution is -2.57. The van der Waals surface area contributed by atoms with E-state index in [4.69, 9.17) is 5.11 Å². The quantitative estimate of drug-likeness (QED) is 0.568. The van der Waals surface area contributed by atoms with E-state index in [-0.39, 0.29) is 28.6 Å². The predicted octanol–water partition coefficient (Wildman–Crippen LogP) is 5.92. The lowest BCUT2D eigenvalue weighted by atomic mass is 9.44. The number of carboxylic acid groups (broad SMARTS) is 1. The standard InChI is InChI=1S/C27H42O4/c1-16(6-5-7-17(2)25(30)31)20-8-9-21-24-22(11-13-27(20,21)4)26(3)12-10-19(28)14-18(26)15-23(24)29/h16-18,20-22,24H,5-15H2,1-4H3,(H,30,31)/t16-,17?,18+,20-,21+,22+,24+,26+,27-/m1/s1. The van der Waals surface area contributed by atoms with Crippen molar-refractivity contribution in [1.82, 2.24) is 0 Å². The van der Waals surface area contributed by atoms with Crippen molar-refractivity contribution in [2.24, 2.45) is 52.3 Å². The van der Waals surface area contributed by atoms with Crippen LogP contribution in [0, 0.1) is 52.3 Å². The van der Waals surface area contributed by atoms with Gasteiger partial charge in [0.2, 0.25) is 0 Å². The third-order valence-corrected chi connectivity index (χ3v) is 10.8. The molecule has 0 aliphatic heterocycles. The Morgan fingerprint density at radius 2 is 1.71 bits per heavy atom. The molecule has 0 bridgehead atoms. The maximum Gasteiger partial charge on any atom is 0.306 e. The molecular formula is C27H42O4. The minimum atomic E-state index is -0.689. The molecule has 4 heteroatoms. The summed E-state index contributed by atoms with van der Waals surface area (Å²) in [5.41, 5.74) is 0.410. The first kappa shape index (κ1) is 23.0. The van der Waals surface area contributed by atoms with Crippen LogP contribution in [0.4, 0.5) is 0 Å². The number of hydrogen-bond donors (Lipinski definition) is 1.